The number of carbonyl (C=O) groups excluding carboxylic acids is 1. The number of rotatable bonds is 7. The highest BCUT2D eigenvalue weighted by atomic mass is 32.2. The van der Waals surface area contributed by atoms with Gasteiger partial charge in [0, 0.05) is 13.1 Å². The van der Waals surface area contributed by atoms with E-state index in [0.29, 0.717) is 11.3 Å². The predicted molar refractivity (Wildman–Crippen MR) is 104 cm³/mol. The maximum Gasteiger partial charge on any atom is 0.274 e. The van der Waals surface area contributed by atoms with Crippen LogP contribution in [0.4, 0.5) is 11.4 Å². The topological polar surface area (TPSA) is 119 Å². The van der Waals surface area contributed by atoms with E-state index in [9.17, 15) is 23.3 Å². The molecule has 1 N–H and O–H groups in total. The third-order valence-corrected chi connectivity index (χ3v) is 6.02. The van der Waals surface area contributed by atoms with E-state index in [0.717, 1.165) is 4.31 Å². The van der Waals surface area contributed by atoms with Crippen molar-refractivity contribution in [3.05, 3.63) is 57.6 Å². The number of amides is 1. The van der Waals surface area contributed by atoms with Crippen molar-refractivity contribution in [2.24, 2.45) is 0 Å². The van der Waals surface area contributed by atoms with Gasteiger partial charge in [0.2, 0.25) is 15.9 Å². The van der Waals surface area contributed by atoms with E-state index in [4.69, 9.17) is 4.74 Å². The monoisotopic (exact) mass is 407 g/mol. The first-order valence-corrected chi connectivity index (χ1v) is 9.66. The maximum atomic E-state index is 12.7. The Morgan fingerprint density at radius 1 is 1.25 bits per heavy atom. The van der Waals surface area contributed by atoms with Crippen molar-refractivity contribution < 1.29 is 22.9 Å². The fraction of sp³-hybridized carbons (Fsp3) is 0.278. The highest BCUT2D eigenvalue weighted by Crippen LogP contribution is 2.26. The van der Waals surface area contributed by atoms with Gasteiger partial charge in [-0.3, -0.25) is 14.9 Å². The Balaban J connectivity index is 2.17. The summed E-state index contributed by atoms with van der Waals surface area (Å²) in [6.07, 6.45) is 0. The van der Waals surface area contributed by atoms with E-state index in [1.165, 1.54) is 51.4 Å². The van der Waals surface area contributed by atoms with E-state index < -0.39 is 27.4 Å². The predicted octanol–water partition coefficient (Wildman–Crippen LogP) is 2.48. The number of nitro groups is 1. The smallest absolute Gasteiger partial charge is 0.274 e. The summed E-state index contributed by atoms with van der Waals surface area (Å²) in [5.74, 6) is -0.0552. The molecule has 0 aliphatic carbocycles. The van der Waals surface area contributed by atoms with Crippen molar-refractivity contribution >= 4 is 27.3 Å². The van der Waals surface area contributed by atoms with Crippen LogP contribution in [0.1, 0.15) is 11.1 Å². The number of aryl methyl sites for hydroxylation is 1. The number of hydrogen-bond donors (Lipinski definition) is 1. The van der Waals surface area contributed by atoms with E-state index in [1.54, 1.807) is 13.0 Å². The molecule has 2 aromatic carbocycles. The lowest BCUT2D eigenvalue weighted by atomic mass is 10.1. The second-order valence-corrected chi connectivity index (χ2v) is 8.19. The number of methoxy groups -OCH3 is 1. The molecule has 28 heavy (non-hydrogen) atoms. The lowest BCUT2D eigenvalue weighted by molar-refractivity contribution is -0.385. The van der Waals surface area contributed by atoms with Crippen molar-refractivity contribution in [2.45, 2.75) is 18.7 Å². The molecule has 0 heterocycles. The third-order valence-electron chi connectivity index (χ3n) is 4.22. The number of sulfonamides is 1. The van der Waals surface area contributed by atoms with Crippen molar-refractivity contribution in [1.82, 2.24) is 4.31 Å². The fourth-order valence-electron chi connectivity index (χ4n) is 2.62. The number of benzene rings is 2. The largest absolute Gasteiger partial charge is 0.496 e. The summed E-state index contributed by atoms with van der Waals surface area (Å²) < 4.78 is 31.4. The molecule has 0 aromatic heterocycles. The van der Waals surface area contributed by atoms with Gasteiger partial charge in [-0.05, 0) is 43.7 Å². The second kappa shape index (κ2) is 8.36. The van der Waals surface area contributed by atoms with Gasteiger partial charge in [0.15, 0.2) is 0 Å². The molecule has 0 aliphatic rings. The maximum absolute atomic E-state index is 12.7. The number of anilines is 1. The standard InChI is InChI=1S/C18H21N3O6S/c1-12-10-14(8-9-17(12)27-4)28(25,26)20(3)11-18(22)19-15-6-5-7-16(13(15)2)21(23)24/h5-10H,11H2,1-4H3,(H,19,22). The Hall–Kier alpha value is -2.98. The molecule has 0 atom stereocenters. The Kier molecular flexibility index (Phi) is 6.37. The SMILES string of the molecule is COc1ccc(S(=O)(=O)N(C)CC(=O)Nc2cccc([N+](=O)[O-])c2C)cc1C. The van der Waals surface area contributed by atoms with Crippen LogP contribution in [0.25, 0.3) is 0 Å². The van der Waals surface area contributed by atoms with Gasteiger partial charge in [0.25, 0.3) is 5.69 Å². The van der Waals surface area contributed by atoms with Crippen LogP contribution in [0.3, 0.4) is 0 Å². The van der Waals surface area contributed by atoms with Gasteiger partial charge in [-0.2, -0.15) is 4.31 Å². The first-order valence-electron chi connectivity index (χ1n) is 8.22. The number of likely N-dealkylation sites (N-methyl/N-ethyl adjacent to an activating group) is 1. The molecule has 150 valence electrons. The summed E-state index contributed by atoms with van der Waals surface area (Å²) in [4.78, 5) is 22.8. The van der Waals surface area contributed by atoms with Crippen LogP contribution < -0.4 is 10.1 Å². The van der Waals surface area contributed by atoms with Gasteiger partial charge >= 0.3 is 0 Å². The van der Waals surface area contributed by atoms with E-state index in [1.807, 2.05) is 0 Å². The van der Waals surface area contributed by atoms with Crippen LogP contribution in [0, 0.1) is 24.0 Å². The summed E-state index contributed by atoms with van der Waals surface area (Å²) in [7, 11) is -1.12. The summed E-state index contributed by atoms with van der Waals surface area (Å²) in [6, 6.07) is 8.70. The van der Waals surface area contributed by atoms with Crippen molar-refractivity contribution in [1.29, 1.82) is 0 Å². The average Bonchev–Trinajstić information content (AvgIpc) is 2.62. The van der Waals surface area contributed by atoms with Crippen LogP contribution in [-0.4, -0.2) is 44.3 Å². The zero-order chi connectivity index (χ0) is 21.1. The number of nitrogens with one attached hydrogen (secondary N) is 1. The van der Waals surface area contributed by atoms with Gasteiger partial charge in [-0.25, -0.2) is 8.42 Å². The summed E-state index contributed by atoms with van der Waals surface area (Å²) in [6.45, 7) is 2.78. The minimum absolute atomic E-state index is 0.0348. The van der Waals surface area contributed by atoms with Crippen molar-refractivity contribution in [2.75, 3.05) is 26.0 Å². The molecule has 0 bridgehead atoms. The second-order valence-electron chi connectivity index (χ2n) is 6.15. The van der Waals surface area contributed by atoms with Crippen LogP contribution in [0.15, 0.2) is 41.3 Å². The summed E-state index contributed by atoms with van der Waals surface area (Å²) in [5.41, 5.74) is 1.06. The van der Waals surface area contributed by atoms with Crippen LogP contribution >= 0.6 is 0 Å². The molecule has 0 unspecified atom stereocenters. The van der Waals surface area contributed by atoms with E-state index in [2.05, 4.69) is 5.32 Å². The molecular formula is C18H21N3O6S. The Labute approximate surface area is 163 Å². The zero-order valence-electron chi connectivity index (χ0n) is 15.9. The number of nitro benzene ring substituents is 1. The number of ether oxygens (including phenoxy) is 1. The minimum atomic E-state index is -3.90. The van der Waals surface area contributed by atoms with Crippen LogP contribution in [0.2, 0.25) is 0 Å². The van der Waals surface area contributed by atoms with Crippen molar-refractivity contribution in [3.63, 3.8) is 0 Å². The third kappa shape index (κ3) is 4.46. The summed E-state index contributed by atoms with van der Waals surface area (Å²) >= 11 is 0. The number of hydrogen-bond acceptors (Lipinski definition) is 6. The molecule has 0 aliphatic heterocycles. The van der Waals surface area contributed by atoms with Crippen molar-refractivity contribution in [3.8, 4) is 5.75 Å². The molecular weight excluding hydrogens is 386 g/mol. The number of nitrogens with zero attached hydrogens (tertiary/aromatic N) is 2. The molecule has 10 heteroatoms. The lowest BCUT2D eigenvalue weighted by Gasteiger charge is -2.18. The fourth-order valence-corrected chi connectivity index (χ4v) is 3.84. The Bertz CT molecular complexity index is 1020. The highest BCUT2D eigenvalue weighted by Gasteiger charge is 2.24. The average molecular weight is 407 g/mol. The molecule has 2 aromatic rings. The normalized spacial score (nSPS) is 11.3. The quantitative estimate of drug-likeness (QED) is 0.556. The molecule has 1 amide bonds. The molecule has 0 spiro atoms. The molecule has 0 saturated carbocycles. The first-order chi connectivity index (χ1) is 13.1. The molecule has 0 fully saturated rings. The lowest BCUT2D eigenvalue weighted by Crippen LogP contribution is -2.35. The minimum Gasteiger partial charge on any atom is -0.496 e. The zero-order valence-corrected chi connectivity index (χ0v) is 16.7. The van der Waals surface area contributed by atoms with Gasteiger partial charge in [0.05, 0.1) is 34.7 Å². The van der Waals surface area contributed by atoms with Gasteiger partial charge < -0.3 is 10.1 Å². The number of carbonyl (C=O) groups is 1. The summed E-state index contributed by atoms with van der Waals surface area (Å²) in [5, 5.41) is 13.5. The van der Waals surface area contributed by atoms with Crippen LogP contribution in [-0.2, 0) is 14.8 Å². The molecule has 0 radical (unpaired) electrons. The highest BCUT2D eigenvalue weighted by molar-refractivity contribution is 7.89. The Morgan fingerprint density at radius 2 is 1.93 bits per heavy atom. The van der Waals surface area contributed by atoms with Gasteiger partial charge in [-0.15, -0.1) is 0 Å². The van der Waals surface area contributed by atoms with E-state index >= 15 is 0 Å². The molecule has 9 nitrogen and oxygen atoms in total. The van der Waals surface area contributed by atoms with Crippen LogP contribution in [0.5, 0.6) is 5.75 Å². The van der Waals surface area contributed by atoms with E-state index in [-0.39, 0.29) is 21.8 Å². The first kappa shape index (κ1) is 21.3. The molecule has 2 rings (SSSR count). The molecule has 0 saturated heterocycles. The van der Waals surface area contributed by atoms with Gasteiger partial charge in [-0.1, -0.05) is 6.07 Å². The Morgan fingerprint density at radius 3 is 2.50 bits per heavy atom. The van der Waals surface area contributed by atoms with Gasteiger partial charge in [0.1, 0.15) is 5.75 Å².